The number of aromatic nitrogens is 2. The first-order chi connectivity index (χ1) is 17.8. The smallest absolute Gasteiger partial charge is 0.319 e. The summed E-state index contributed by atoms with van der Waals surface area (Å²) >= 11 is 0. The van der Waals surface area contributed by atoms with Gasteiger partial charge in [-0.05, 0) is 50.5 Å². The number of nitrogens with zero attached hydrogens (tertiary/aromatic N) is 2. The fourth-order valence-corrected chi connectivity index (χ4v) is 5.30. The molecule has 3 amide bonds. The Bertz CT molecular complexity index is 1350. The minimum absolute atomic E-state index is 0.108. The first-order valence-corrected chi connectivity index (χ1v) is 13.6. The maximum Gasteiger partial charge on any atom is 0.319 e. The van der Waals surface area contributed by atoms with E-state index in [9.17, 15) is 18.0 Å². The summed E-state index contributed by atoms with van der Waals surface area (Å²) in [5.74, 6) is 0.0516. The highest BCUT2D eigenvalue weighted by molar-refractivity contribution is 7.91. The maximum absolute atomic E-state index is 13.1. The molecule has 0 saturated carbocycles. The molecule has 2 aromatic heterocycles. The molecule has 0 saturated heterocycles. The predicted molar refractivity (Wildman–Crippen MR) is 139 cm³/mol. The maximum atomic E-state index is 13.1. The highest BCUT2D eigenvalue weighted by Crippen LogP contribution is 2.31. The zero-order valence-electron chi connectivity index (χ0n) is 20.4. The zero-order chi connectivity index (χ0) is 26.3. The summed E-state index contributed by atoms with van der Waals surface area (Å²) in [6, 6.07) is 10.4. The van der Waals surface area contributed by atoms with E-state index >= 15 is 0 Å². The van der Waals surface area contributed by atoms with Gasteiger partial charge in [-0.3, -0.25) is 14.8 Å². The Hall–Kier alpha value is -3.99. The van der Waals surface area contributed by atoms with Crippen LogP contribution in [0.5, 0.6) is 5.75 Å². The minimum atomic E-state index is -3.60. The Morgan fingerprint density at radius 1 is 1.08 bits per heavy atom. The molecule has 0 radical (unpaired) electrons. The van der Waals surface area contributed by atoms with E-state index in [1.54, 1.807) is 36.7 Å². The highest BCUT2D eigenvalue weighted by Gasteiger charge is 2.24. The van der Waals surface area contributed by atoms with Gasteiger partial charge in [0.15, 0.2) is 9.84 Å². The second kappa shape index (κ2) is 11.8. The molecule has 4 rings (SSSR count). The van der Waals surface area contributed by atoms with Crippen molar-refractivity contribution in [3.63, 3.8) is 0 Å². The number of amides is 3. The SMILES string of the molecule is C[C@@H]1COc2ccccc2-c2cncc(c2)S(=O)(=O)CCCC[C@H](NC(=O)Nc2cccnc2)C(=O)N1. The summed E-state index contributed by atoms with van der Waals surface area (Å²) in [6.45, 7) is 1.98. The Morgan fingerprint density at radius 2 is 1.92 bits per heavy atom. The van der Waals surface area contributed by atoms with Crippen LogP contribution in [-0.4, -0.2) is 54.8 Å². The molecule has 2 atom stereocenters. The Balaban J connectivity index is 1.55. The van der Waals surface area contributed by atoms with Crippen molar-refractivity contribution in [1.82, 2.24) is 20.6 Å². The number of hydrogen-bond acceptors (Lipinski definition) is 7. The largest absolute Gasteiger partial charge is 0.491 e. The van der Waals surface area contributed by atoms with Crippen LogP contribution >= 0.6 is 0 Å². The summed E-state index contributed by atoms with van der Waals surface area (Å²) in [4.78, 5) is 33.8. The number of para-hydroxylation sites is 1. The molecule has 3 N–H and O–H groups in total. The molecule has 1 aliphatic rings. The standard InChI is InChI=1S/C26H29N5O5S/c1-18-17-36-24-10-3-2-8-22(24)19-13-21(16-28-14-19)37(34,35)12-5-4-9-23(25(32)29-18)31-26(33)30-20-7-6-11-27-15-20/h2-3,6-8,10-11,13-16,18,23H,4-5,9,12,17H2,1H3,(H,29,32)(H2,30,31,33)/t18-,23+/m1/s1. The number of carbonyl (C=O) groups is 2. The number of rotatable bonds is 2. The fraction of sp³-hybridized carbons (Fsp3) is 0.308. The van der Waals surface area contributed by atoms with Crippen LogP contribution in [0.3, 0.4) is 0 Å². The van der Waals surface area contributed by atoms with Gasteiger partial charge in [0.2, 0.25) is 5.91 Å². The van der Waals surface area contributed by atoms with Gasteiger partial charge in [0, 0.05) is 29.7 Å². The molecular weight excluding hydrogens is 494 g/mol. The summed E-state index contributed by atoms with van der Waals surface area (Å²) in [5.41, 5.74) is 1.81. The topological polar surface area (TPSA) is 139 Å². The van der Waals surface area contributed by atoms with Crippen LogP contribution in [-0.2, 0) is 14.6 Å². The van der Waals surface area contributed by atoms with E-state index in [-0.39, 0.29) is 35.6 Å². The second-order valence-corrected chi connectivity index (χ2v) is 10.9. The monoisotopic (exact) mass is 523 g/mol. The fourth-order valence-electron chi connectivity index (χ4n) is 3.96. The van der Waals surface area contributed by atoms with E-state index in [1.165, 1.54) is 12.4 Å². The lowest BCUT2D eigenvalue weighted by Crippen LogP contribution is -2.51. The van der Waals surface area contributed by atoms with Gasteiger partial charge < -0.3 is 20.7 Å². The van der Waals surface area contributed by atoms with Crippen LogP contribution in [0.4, 0.5) is 10.5 Å². The molecule has 0 aliphatic carbocycles. The lowest BCUT2D eigenvalue weighted by atomic mass is 10.1. The molecule has 0 fully saturated rings. The number of carbonyl (C=O) groups excluding carboxylic acids is 2. The highest BCUT2D eigenvalue weighted by atomic mass is 32.2. The van der Waals surface area contributed by atoms with Crippen LogP contribution in [0.1, 0.15) is 26.2 Å². The van der Waals surface area contributed by atoms with Gasteiger partial charge in [-0.25, -0.2) is 13.2 Å². The molecule has 11 heteroatoms. The molecule has 0 unspecified atom stereocenters. The third-order valence-electron chi connectivity index (χ3n) is 5.84. The Morgan fingerprint density at radius 3 is 2.73 bits per heavy atom. The minimum Gasteiger partial charge on any atom is -0.491 e. The third kappa shape index (κ3) is 7.04. The molecule has 1 aromatic carbocycles. The number of urea groups is 1. The molecule has 3 heterocycles. The van der Waals surface area contributed by atoms with Gasteiger partial charge >= 0.3 is 6.03 Å². The van der Waals surface area contributed by atoms with Crippen molar-refractivity contribution in [3.8, 4) is 16.9 Å². The first kappa shape index (κ1) is 26.1. The predicted octanol–water partition coefficient (Wildman–Crippen LogP) is 3.17. The normalized spacial score (nSPS) is 20.0. The lowest BCUT2D eigenvalue weighted by molar-refractivity contribution is -0.123. The average molecular weight is 524 g/mol. The second-order valence-electron chi connectivity index (χ2n) is 8.83. The van der Waals surface area contributed by atoms with Crippen molar-refractivity contribution < 1.29 is 22.7 Å². The van der Waals surface area contributed by atoms with Crippen molar-refractivity contribution in [3.05, 3.63) is 67.3 Å². The van der Waals surface area contributed by atoms with Gasteiger partial charge in [0.1, 0.15) is 18.4 Å². The number of fused-ring (bicyclic) bond motifs is 4. The van der Waals surface area contributed by atoms with Crippen molar-refractivity contribution in [2.24, 2.45) is 0 Å². The molecule has 0 spiro atoms. The Labute approximate surface area is 215 Å². The van der Waals surface area contributed by atoms with Crippen LogP contribution < -0.4 is 20.7 Å². The molecular formula is C26H29N5O5S. The zero-order valence-corrected chi connectivity index (χ0v) is 21.2. The summed E-state index contributed by atoms with van der Waals surface area (Å²) < 4.78 is 32.0. The third-order valence-corrected chi connectivity index (χ3v) is 7.61. The number of ether oxygens (including phenoxy) is 1. The number of sulfone groups is 1. The van der Waals surface area contributed by atoms with Gasteiger partial charge in [0.25, 0.3) is 0 Å². The summed E-state index contributed by atoms with van der Waals surface area (Å²) in [5, 5.41) is 8.22. The van der Waals surface area contributed by atoms with Crippen molar-refractivity contribution in [1.29, 1.82) is 0 Å². The van der Waals surface area contributed by atoms with Gasteiger partial charge in [-0.15, -0.1) is 0 Å². The number of nitrogens with one attached hydrogen (secondary N) is 3. The number of hydrogen-bond donors (Lipinski definition) is 3. The van der Waals surface area contributed by atoms with Crippen molar-refractivity contribution >= 4 is 27.5 Å². The molecule has 37 heavy (non-hydrogen) atoms. The molecule has 2 bridgehead atoms. The van der Waals surface area contributed by atoms with Crippen LogP contribution in [0.25, 0.3) is 11.1 Å². The number of benzene rings is 1. The summed E-state index contributed by atoms with van der Waals surface area (Å²) in [6.07, 6.45) is 7.00. The molecule has 194 valence electrons. The number of anilines is 1. The van der Waals surface area contributed by atoms with E-state index in [0.29, 0.717) is 35.4 Å². The lowest BCUT2D eigenvalue weighted by Gasteiger charge is -2.22. The van der Waals surface area contributed by atoms with Crippen LogP contribution in [0.15, 0.2) is 72.1 Å². The molecule has 1 aliphatic heterocycles. The quantitative estimate of drug-likeness (QED) is 0.469. The van der Waals surface area contributed by atoms with Crippen LogP contribution in [0, 0.1) is 0 Å². The summed E-state index contributed by atoms with van der Waals surface area (Å²) in [7, 11) is -3.60. The van der Waals surface area contributed by atoms with Crippen molar-refractivity contribution in [2.75, 3.05) is 17.7 Å². The van der Waals surface area contributed by atoms with Crippen molar-refractivity contribution in [2.45, 2.75) is 43.2 Å². The van der Waals surface area contributed by atoms with Gasteiger partial charge in [-0.2, -0.15) is 0 Å². The molecule has 3 aromatic rings. The first-order valence-electron chi connectivity index (χ1n) is 12.0. The van der Waals surface area contributed by atoms with E-state index < -0.39 is 21.9 Å². The number of pyridine rings is 2. The van der Waals surface area contributed by atoms with Gasteiger partial charge in [0.05, 0.1) is 28.6 Å². The molecule has 10 nitrogen and oxygen atoms in total. The van der Waals surface area contributed by atoms with E-state index in [0.717, 1.165) is 0 Å². The van der Waals surface area contributed by atoms with Crippen LogP contribution in [0.2, 0.25) is 0 Å². The van der Waals surface area contributed by atoms with E-state index in [1.807, 2.05) is 25.1 Å². The average Bonchev–Trinajstić information content (AvgIpc) is 2.89. The van der Waals surface area contributed by atoms with E-state index in [4.69, 9.17) is 4.74 Å². The van der Waals surface area contributed by atoms with Gasteiger partial charge in [-0.1, -0.05) is 18.2 Å². The Kier molecular flexibility index (Phi) is 8.34. The van der Waals surface area contributed by atoms with E-state index in [2.05, 4.69) is 25.9 Å².